The highest BCUT2D eigenvalue weighted by Crippen LogP contribution is 2.31. The van der Waals surface area contributed by atoms with Crippen LogP contribution in [0, 0.1) is 10.1 Å². The molecular formula is C21H23N3O5S. The Bertz CT molecular complexity index is 944. The number of nitrogens with one attached hydrogen (secondary N) is 1. The largest absolute Gasteiger partial charge is 0.452 e. The number of nitrogens with zero attached hydrogens (tertiary/aromatic N) is 2. The highest BCUT2D eigenvalue weighted by Gasteiger charge is 2.23. The molecule has 1 aliphatic rings. The van der Waals surface area contributed by atoms with Crippen LogP contribution in [0.15, 0.2) is 47.4 Å². The molecule has 0 atom stereocenters. The van der Waals surface area contributed by atoms with E-state index in [1.165, 1.54) is 12.1 Å². The standard InChI is InChI=1S/C21H23N3O5S/c1-30-17-7-5-6-16(13-17)22-20(25)14-29-21(26)15-8-9-18(19(12-15)24(27)28)23-10-3-2-4-11-23/h5-9,12-13H,2-4,10-11,14H2,1H3,(H,22,25). The van der Waals surface area contributed by atoms with Gasteiger partial charge in [0, 0.05) is 29.7 Å². The van der Waals surface area contributed by atoms with E-state index in [1.54, 1.807) is 23.9 Å². The number of nitro groups is 1. The van der Waals surface area contributed by atoms with Crippen molar-refractivity contribution in [1.29, 1.82) is 0 Å². The first kappa shape index (κ1) is 21.6. The fourth-order valence-electron chi connectivity index (χ4n) is 3.31. The molecule has 0 radical (unpaired) electrons. The van der Waals surface area contributed by atoms with E-state index >= 15 is 0 Å². The number of ether oxygens (including phenoxy) is 1. The van der Waals surface area contributed by atoms with E-state index in [2.05, 4.69) is 5.32 Å². The molecule has 1 aliphatic heterocycles. The third-order valence-electron chi connectivity index (χ3n) is 4.79. The maximum Gasteiger partial charge on any atom is 0.338 e. The van der Waals surface area contributed by atoms with Gasteiger partial charge in [0.1, 0.15) is 5.69 Å². The maximum atomic E-state index is 12.3. The number of carbonyl (C=O) groups excluding carboxylic acids is 2. The minimum Gasteiger partial charge on any atom is -0.452 e. The summed E-state index contributed by atoms with van der Waals surface area (Å²) in [5, 5.41) is 14.2. The zero-order chi connectivity index (χ0) is 21.5. The van der Waals surface area contributed by atoms with Crippen molar-refractivity contribution in [3.63, 3.8) is 0 Å². The summed E-state index contributed by atoms with van der Waals surface area (Å²) >= 11 is 1.55. The molecule has 2 aromatic rings. The van der Waals surface area contributed by atoms with Crippen molar-refractivity contribution >= 4 is 40.7 Å². The Morgan fingerprint density at radius 1 is 1.17 bits per heavy atom. The average Bonchev–Trinajstić information content (AvgIpc) is 2.77. The third-order valence-corrected chi connectivity index (χ3v) is 5.52. The lowest BCUT2D eigenvalue weighted by atomic mass is 10.1. The first-order valence-electron chi connectivity index (χ1n) is 9.62. The molecule has 2 aromatic carbocycles. The number of nitro benzene ring substituents is 1. The average molecular weight is 429 g/mol. The number of hydrogen-bond donors (Lipinski definition) is 1. The molecule has 30 heavy (non-hydrogen) atoms. The molecule has 158 valence electrons. The van der Waals surface area contributed by atoms with Crippen LogP contribution in [-0.2, 0) is 9.53 Å². The van der Waals surface area contributed by atoms with Gasteiger partial charge < -0.3 is 15.0 Å². The fourth-order valence-corrected chi connectivity index (χ4v) is 3.77. The van der Waals surface area contributed by atoms with Crippen molar-refractivity contribution in [3.8, 4) is 0 Å². The third kappa shape index (κ3) is 5.50. The lowest BCUT2D eigenvalue weighted by Crippen LogP contribution is -2.30. The summed E-state index contributed by atoms with van der Waals surface area (Å²) in [5.74, 6) is -1.27. The zero-order valence-corrected chi connectivity index (χ0v) is 17.4. The SMILES string of the molecule is CSc1cccc(NC(=O)COC(=O)c2ccc(N3CCCCC3)c([N+](=O)[O-])c2)c1. The molecular weight excluding hydrogens is 406 g/mol. The van der Waals surface area contributed by atoms with Crippen LogP contribution in [0.5, 0.6) is 0 Å². The van der Waals surface area contributed by atoms with E-state index < -0.39 is 23.4 Å². The molecule has 0 bridgehead atoms. The lowest BCUT2D eigenvalue weighted by Gasteiger charge is -2.28. The molecule has 1 heterocycles. The van der Waals surface area contributed by atoms with E-state index in [1.807, 2.05) is 29.4 Å². The minimum atomic E-state index is -0.781. The number of rotatable bonds is 7. The Kier molecular flexibility index (Phi) is 7.29. The van der Waals surface area contributed by atoms with Gasteiger partial charge in [0.2, 0.25) is 0 Å². The smallest absolute Gasteiger partial charge is 0.338 e. The molecule has 1 fully saturated rings. The highest BCUT2D eigenvalue weighted by molar-refractivity contribution is 7.98. The molecule has 0 saturated carbocycles. The minimum absolute atomic E-state index is 0.0413. The first-order chi connectivity index (χ1) is 14.5. The van der Waals surface area contributed by atoms with E-state index in [0.717, 1.165) is 37.2 Å². The van der Waals surface area contributed by atoms with Gasteiger partial charge in [-0.1, -0.05) is 6.07 Å². The highest BCUT2D eigenvalue weighted by atomic mass is 32.2. The van der Waals surface area contributed by atoms with Crippen molar-refractivity contribution < 1.29 is 19.2 Å². The number of esters is 1. The Labute approximate surface area is 178 Å². The maximum absolute atomic E-state index is 12.3. The van der Waals surface area contributed by atoms with Crippen molar-refractivity contribution in [2.45, 2.75) is 24.2 Å². The summed E-state index contributed by atoms with van der Waals surface area (Å²) in [4.78, 5) is 38.4. The van der Waals surface area contributed by atoms with Crippen LogP contribution in [0.25, 0.3) is 0 Å². The molecule has 0 spiro atoms. The van der Waals surface area contributed by atoms with E-state index in [-0.39, 0.29) is 11.3 Å². The van der Waals surface area contributed by atoms with Crippen LogP contribution >= 0.6 is 11.8 Å². The van der Waals surface area contributed by atoms with Crippen LogP contribution in [0.2, 0.25) is 0 Å². The van der Waals surface area contributed by atoms with E-state index in [9.17, 15) is 19.7 Å². The Morgan fingerprint density at radius 3 is 2.63 bits per heavy atom. The number of amides is 1. The van der Waals surface area contributed by atoms with E-state index in [0.29, 0.717) is 11.4 Å². The second kappa shape index (κ2) is 10.1. The van der Waals surface area contributed by atoms with Crippen LogP contribution < -0.4 is 10.2 Å². The molecule has 1 saturated heterocycles. The number of anilines is 2. The van der Waals surface area contributed by atoms with Gasteiger partial charge in [0.25, 0.3) is 11.6 Å². The van der Waals surface area contributed by atoms with Crippen LogP contribution in [0.3, 0.4) is 0 Å². The number of carbonyl (C=O) groups is 2. The Morgan fingerprint density at radius 2 is 1.93 bits per heavy atom. The number of benzene rings is 2. The van der Waals surface area contributed by atoms with Gasteiger partial charge in [-0.05, 0) is 55.9 Å². The predicted octanol–water partition coefficient (Wildman–Crippen LogP) is 4.10. The predicted molar refractivity (Wildman–Crippen MR) is 116 cm³/mol. The van der Waals surface area contributed by atoms with Gasteiger partial charge in [-0.2, -0.15) is 0 Å². The normalized spacial score (nSPS) is 13.6. The lowest BCUT2D eigenvalue weighted by molar-refractivity contribution is -0.384. The summed E-state index contributed by atoms with van der Waals surface area (Å²) in [6.07, 6.45) is 5.00. The van der Waals surface area contributed by atoms with Crippen molar-refractivity contribution in [2.75, 3.05) is 36.2 Å². The van der Waals surface area contributed by atoms with Gasteiger partial charge in [0.05, 0.1) is 10.5 Å². The van der Waals surface area contributed by atoms with Crippen molar-refractivity contribution in [1.82, 2.24) is 0 Å². The molecule has 9 heteroatoms. The second-order valence-electron chi connectivity index (χ2n) is 6.86. The monoisotopic (exact) mass is 429 g/mol. The molecule has 3 rings (SSSR count). The van der Waals surface area contributed by atoms with Crippen molar-refractivity contribution in [3.05, 3.63) is 58.1 Å². The second-order valence-corrected chi connectivity index (χ2v) is 7.74. The molecule has 1 amide bonds. The topological polar surface area (TPSA) is 102 Å². The first-order valence-corrected chi connectivity index (χ1v) is 10.8. The summed E-state index contributed by atoms with van der Waals surface area (Å²) in [6, 6.07) is 11.6. The molecule has 0 unspecified atom stereocenters. The van der Waals surface area contributed by atoms with Crippen molar-refractivity contribution in [2.24, 2.45) is 0 Å². The molecule has 8 nitrogen and oxygen atoms in total. The summed E-state index contributed by atoms with van der Waals surface area (Å²) in [5.41, 5.74) is 1.01. The molecule has 0 aliphatic carbocycles. The Balaban J connectivity index is 1.63. The summed E-state index contributed by atoms with van der Waals surface area (Å²) < 4.78 is 5.05. The van der Waals surface area contributed by atoms with Gasteiger partial charge in [0.15, 0.2) is 6.61 Å². The van der Waals surface area contributed by atoms with Gasteiger partial charge in [-0.15, -0.1) is 11.8 Å². The van der Waals surface area contributed by atoms with Crippen LogP contribution in [-0.4, -0.2) is 42.8 Å². The quantitative estimate of drug-likeness (QED) is 0.306. The zero-order valence-electron chi connectivity index (χ0n) is 16.6. The van der Waals surface area contributed by atoms with Gasteiger partial charge >= 0.3 is 5.97 Å². The molecule has 0 aromatic heterocycles. The van der Waals surface area contributed by atoms with Crippen LogP contribution in [0.4, 0.5) is 17.1 Å². The Hall–Kier alpha value is -3.07. The fraction of sp³-hybridized carbons (Fsp3) is 0.333. The van der Waals surface area contributed by atoms with Crippen LogP contribution in [0.1, 0.15) is 29.6 Å². The summed E-state index contributed by atoms with van der Waals surface area (Å²) in [6.45, 7) is 1.02. The number of piperidine rings is 1. The van der Waals surface area contributed by atoms with E-state index in [4.69, 9.17) is 4.74 Å². The molecule has 1 N–H and O–H groups in total. The number of hydrogen-bond acceptors (Lipinski definition) is 7. The van der Waals surface area contributed by atoms with Gasteiger partial charge in [-0.3, -0.25) is 14.9 Å². The van der Waals surface area contributed by atoms with Gasteiger partial charge in [-0.25, -0.2) is 4.79 Å². The summed E-state index contributed by atoms with van der Waals surface area (Å²) in [7, 11) is 0. The number of thioether (sulfide) groups is 1.